The van der Waals surface area contributed by atoms with E-state index in [9.17, 15) is 0 Å². The van der Waals surface area contributed by atoms with E-state index in [1.165, 1.54) is 0 Å². The monoisotopic (exact) mass is 285 g/mol. The maximum absolute atomic E-state index is 8.66. The van der Waals surface area contributed by atoms with E-state index in [1.807, 2.05) is 11.6 Å². The first kappa shape index (κ1) is 14.5. The van der Waals surface area contributed by atoms with Crippen LogP contribution in [0.25, 0.3) is 10.6 Å². The molecule has 4 heteroatoms. The van der Waals surface area contributed by atoms with E-state index in [4.69, 9.17) is 5.26 Å². The SMILES string of the molecule is CC(C)(CCC#N)CNc1ccc(-c2nccs2)cc1. The predicted octanol–water partition coefficient (Wildman–Crippen LogP) is 4.55. The second-order valence-electron chi connectivity index (χ2n) is 5.59. The van der Waals surface area contributed by atoms with Gasteiger partial charge in [0.1, 0.15) is 5.01 Å². The molecule has 0 amide bonds. The molecular weight excluding hydrogens is 266 g/mol. The highest BCUT2D eigenvalue weighted by Gasteiger charge is 2.16. The number of nitrogens with one attached hydrogen (secondary N) is 1. The van der Waals surface area contributed by atoms with Crippen molar-refractivity contribution >= 4 is 17.0 Å². The van der Waals surface area contributed by atoms with Crippen molar-refractivity contribution < 1.29 is 0 Å². The molecule has 0 aliphatic heterocycles. The summed E-state index contributed by atoms with van der Waals surface area (Å²) in [6, 6.07) is 10.5. The van der Waals surface area contributed by atoms with Gasteiger partial charge in [-0.1, -0.05) is 13.8 Å². The molecule has 1 heterocycles. The maximum Gasteiger partial charge on any atom is 0.123 e. The summed E-state index contributed by atoms with van der Waals surface area (Å²) in [5.74, 6) is 0. The summed E-state index contributed by atoms with van der Waals surface area (Å²) in [6.07, 6.45) is 3.34. The van der Waals surface area contributed by atoms with E-state index in [0.717, 1.165) is 29.2 Å². The fourth-order valence-corrected chi connectivity index (χ4v) is 2.57. The Morgan fingerprint density at radius 1 is 1.30 bits per heavy atom. The van der Waals surface area contributed by atoms with Crippen LogP contribution in [0.5, 0.6) is 0 Å². The zero-order valence-corrected chi connectivity index (χ0v) is 12.7. The quantitative estimate of drug-likeness (QED) is 0.847. The lowest BCUT2D eigenvalue weighted by molar-refractivity contribution is 0.364. The standard InChI is InChI=1S/C16H19N3S/c1-16(2,8-3-9-17)12-19-14-6-4-13(5-7-14)15-18-10-11-20-15/h4-7,10-11,19H,3,8,12H2,1-2H3. The average Bonchev–Trinajstić information content (AvgIpc) is 2.98. The molecule has 0 saturated carbocycles. The van der Waals surface area contributed by atoms with Crippen LogP contribution >= 0.6 is 11.3 Å². The molecule has 0 unspecified atom stereocenters. The largest absolute Gasteiger partial charge is 0.385 e. The van der Waals surface area contributed by atoms with Crippen LogP contribution in [0, 0.1) is 16.7 Å². The van der Waals surface area contributed by atoms with Gasteiger partial charge in [-0.05, 0) is 36.1 Å². The number of benzene rings is 1. The number of rotatable bonds is 6. The van der Waals surface area contributed by atoms with E-state index in [-0.39, 0.29) is 5.41 Å². The lowest BCUT2D eigenvalue weighted by atomic mass is 9.88. The number of thiazole rings is 1. The Labute approximate surface area is 124 Å². The van der Waals surface area contributed by atoms with Crippen molar-refractivity contribution in [1.82, 2.24) is 4.98 Å². The first-order chi connectivity index (χ1) is 9.61. The van der Waals surface area contributed by atoms with Gasteiger partial charge < -0.3 is 5.32 Å². The molecule has 1 N–H and O–H groups in total. The van der Waals surface area contributed by atoms with Crippen LogP contribution in [0.15, 0.2) is 35.8 Å². The van der Waals surface area contributed by atoms with Crippen LogP contribution in [0.1, 0.15) is 26.7 Å². The Morgan fingerprint density at radius 3 is 2.65 bits per heavy atom. The summed E-state index contributed by atoms with van der Waals surface area (Å²) >= 11 is 1.65. The van der Waals surface area contributed by atoms with Crippen LogP contribution in [-0.4, -0.2) is 11.5 Å². The molecule has 0 bridgehead atoms. The highest BCUT2D eigenvalue weighted by molar-refractivity contribution is 7.13. The summed E-state index contributed by atoms with van der Waals surface area (Å²) in [4.78, 5) is 4.30. The van der Waals surface area contributed by atoms with Gasteiger partial charge in [0, 0.05) is 35.8 Å². The highest BCUT2D eigenvalue weighted by atomic mass is 32.1. The summed E-state index contributed by atoms with van der Waals surface area (Å²) < 4.78 is 0. The predicted molar refractivity (Wildman–Crippen MR) is 84.7 cm³/mol. The van der Waals surface area contributed by atoms with E-state index >= 15 is 0 Å². The number of aromatic nitrogens is 1. The normalized spacial score (nSPS) is 11.1. The van der Waals surface area contributed by atoms with Crippen molar-refractivity contribution in [3.05, 3.63) is 35.8 Å². The number of hydrogen-bond acceptors (Lipinski definition) is 4. The smallest absolute Gasteiger partial charge is 0.123 e. The van der Waals surface area contributed by atoms with Crippen molar-refractivity contribution in [1.29, 1.82) is 5.26 Å². The Balaban J connectivity index is 1.93. The molecule has 0 spiro atoms. The van der Waals surface area contributed by atoms with Crippen molar-refractivity contribution in [3.63, 3.8) is 0 Å². The molecule has 0 radical (unpaired) electrons. The summed E-state index contributed by atoms with van der Waals surface area (Å²) in [5, 5.41) is 15.1. The van der Waals surface area contributed by atoms with Gasteiger partial charge in [-0.3, -0.25) is 0 Å². The van der Waals surface area contributed by atoms with Gasteiger partial charge in [-0.25, -0.2) is 4.98 Å². The molecule has 1 aromatic carbocycles. The fraction of sp³-hybridized carbons (Fsp3) is 0.375. The molecule has 0 atom stereocenters. The summed E-state index contributed by atoms with van der Waals surface area (Å²) in [7, 11) is 0. The molecule has 3 nitrogen and oxygen atoms in total. The topological polar surface area (TPSA) is 48.7 Å². The Hall–Kier alpha value is -1.86. The molecule has 0 saturated heterocycles. The van der Waals surface area contributed by atoms with Crippen LogP contribution in [0.4, 0.5) is 5.69 Å². The number of hydrogen-bond donors (Lipinski definition) is 1. The van der Waals surface area contributed by atoms with E-state index in [1.54, 1.807) is 11.3 Å². The van der Waals surface area contributed by atoms with Crippen molar-refractivity contribution in [2.24, 2.45) is 5.41 Å². The second kappa shape index (κ2) is 6.53. The molecule has 0 aliphatic rings. The van der Waals surface area contributed by atoms with Crippen LogP contribution in [0.2, 0.25) is 0 Å². The van der Waals surface area contributed by atoms with Crippen LogP contribution < -0.4 is 5.32 Å². The van der Waals surface area contributed by atoms with Gasteiger partial charge >= 0.3 is 0 Å². The van der Waals surface area contributed by atoms with E-state index < -0.39 is 0 Å². The molecule has 2 aromatic rings. The second-order valence-corrected chi connectivity index (χ2v) is 6.49. The third-order valence-corrected chi connectivity index (χ3v) is 4.07. The third kappa shape index (κ3) is 4.07. The molecule has 0 aliphatic carbocycles. The van der Waals surface area contributed by atoms with Crippen LogP contribution in [0.3, 0.4) is 0 Å². The summed E-state index contributed by atoms with van der Waals surface area (Å²) in [6.45, 7) is 5.23. The molecule has 20 heavy (non-hydrogen) atoms. The van der Waals surface area contributed by atoms with Crippen LogP contribution in [-0.2, 0) is 0 Å². The van der Waals surface area contributed by atoms with Gasteiger partial charge in [-0.15, -0.1) is 11.3 Å². The minimum absolute atomic E-state index is 0.129. The third-order valence-electron chi connectivity index (χ3n) is 3.25. The number of anilines is 1. The Bertz CT molecular complexity index is 565. The molecule has 104 valence electrons. The lowest BCUT2D eigenvalue weighted by Crippen LogP contribution is -2.22. The van der Waals surface area contributed by atoms with Gasteiger partial charge in [0.2, 0.25) is 0 Å². The van der Waals surface area contributed by atoms with Crippen molar-refractivity contribution in [3.8, 4) is 16.6 Å². The highest BCUT2D eigenvalue weighted by Crippen LogP contribution is 2.25. The Morgan fingerprint density at radius 2 is 2.05 bits per heavy atom. The lowest BCUT2D eigenvalue weighted by Gasteiger charge is -2.24. The number of nitriles is 1. The Kier molecular flexibility index (Phi) is 4.75. The summed E-state index contributed by atoms with van der Waals surface area (Å²) in [5.41, 5.74) is 2.38. The van der Waals surface area contributed by atoms with E-state index in [0.29, 0.717) is 6.42 Å². The van der Waals surface area contributed by atoms with E-state index in [2.05, 4.69) is 54.5 Å². The first-order valence-electron chi connectivity index (χ1n) is 6.71. The fourth-order valence-electron chi connectivity index (χ4n) is 1.92. The minimum atomic E-state index is 0.129. The zero-order valence-electron chi connectivity index (χ0n) is 11.9. The molecule has 1 aromatic heterocycles. The zero-order chi connectivity index (χ0) is 14.4. The van der Waals surface area contributed by atoms with Gasteiger partial charge in [0.15, 0.2) is 0 Å². The average molecular weight is 285 g/mol. The van der Waals surface area contributed by atoms with Crippen molar-refractivity contribution in [2.75, 3.05) is 11.9 Å². The molecular formula is C16H19N3S. The first-order valence-corrected chi connectivity index (χ1v) is 7.59. The molecule has 0 fully saturated rings. The number of nitrogens with zero attached hydrogens (tertiary/aromatic N) is 2. The van der Waals surface area contributed by atoms with Gasteiger partial charge in [-0.2, -0.15) is 5.26 Å². The van der Waals surface area contributed by atoms with Gasteiger partial charge in [0.05, 0.1) is 6.07 Å². The van der Waals surface area contributed by atoms with Gasteiger partial charge in [0.25, 0.3) is 0 Å². The van der Waals surface area contributed by atoms with Crippen molar-refractivity contribution in [2.45, 2.75) is 26.7 Å². The maximum atomic E-state index is 8.66. The molecule has 2 rings (SSSR count). The minimum Gasteiger partial charge on any atom is -0.385 e.